The number of aromatic amines is 1. The molecule has 2 aromatic heterocycles. The van der Waals surface area contributed by atoms with Crippen LogP contribution in [0.15, 0.2) is 82.8 Å². The first-order valence-electron chi connectivity index (χ1n) is 11.8. The maximum absolute atomic E-state index is 15.5. The highest BCUT2D eigenvalue weighted by atomic mass is 32.2. The number of nitrogens with one attached hydrogen (secondary N) is 3. The van der Waals surface area contributed by atoms with Gasteiger partial charge in [0.25, 0.3) is 10.0 Å². The molecule has 0 bridgehead atoms. The first-order chi connectivity index (χ1) is 19.8. The van der Waals surface area contributed by atoms with Crippen molar-refractivity contribution in [3.8, 4) is 11.1 Å². The fourth-order valence-corrected chi connectivity index (χ4v) is 6.03. The van der Waals surface area contributed by atoms with Crippen LogP contribution in [0.1, 0.15) is 15.9 Å². The van der Waals surface area contributed by atoms with Crippen molar-refractivity contribution >= 4 is 42.6 Å². The number of hydrogen-bond acceptors (Lipinski definition) is 6. The Kier molecular flexibility index (Phi) is 7.34. The van der Waals surface area contributed by atoms with Gasteiger partial charge in [0.15, 0.2) is 5.82 Å². The van der Waals surface area contributed by atoms with Crippen LogP contribution in [0.4, 0.5) is 23.2 Å². The van der Waals surface area contributed by atoms with Gasteiger partial charge >= 0.3 is 0 Å². The molecule has 0 amide bonds. The van der Waals surface area contributed by atoms with Crippen LogP contribution in [0.3, 0.4) is 0 Å². The molecule has 0 atom stereocenters. The summed E-state index contributed by atoms with van der Waals surface area (Å²) >= 11 is 0. The van der Waals surface area contributed by atoms with Gasteiger partial charge in [0, 0.05) is 28.9 Å². The molecule has 5 rings (SSSR count). The van der Waals surface area contributed by atoms with E-state index in [0.29, 0.717) is 41.5 Å². The summed E-state index contributed by atoms with van der Waals surface area (Å²) in [6, 6.07) is 10.2. The number of halogens is 4. The van der Waals surface area contributed by atoms with E-state index in [1.54, 1.807) is 4.72 Å². The number of carbonyl (C=O) groups excluding carboxylic acids is 1. The Morgan fingerprint density at radius 1 is 0.833 bits per heavy atom. The third-order valence-electron chi connectivity index (χ3n) is 6.29. The Morgan fingerprint density at radius 3 is 2.21 bits per heavy atom. The van der Waals surface area contributed by atoms with Crippen molar-refractivity contribution in [1.82, 2.24) is 14.7 Å². The van der Waals surface area contributed by atoms with Crippen molar-refractivity contribution in [3.05, 3.63) is 107 Å². The topological polar surface area (TPSA) is 138 Å². The summed E-state index contributed by atoms with van der Waals surface area (Å²) in [7, 11) is -7.29. The zero-order valence-electron chi connectivity index (χ0n) is 21.2. The molecule has 0 saturated carbocycles. The van der Waals surface area contributed by atoms with Gasteiger partial charge in [-0.1, -0.05) is 12.1 Å². The van der Waals surface area contributed by atoms with Gasteiger partial charge in [0.1, 0.15) is 28.0 Å². The molecule has 0 unspecified atom stereocenters. The second-order valence-electron chi connectivity index (χ2n) is 8.85. The summed E-state index contributed by atoms with van der Waals surface area (Å²) in [4.78, 5) is 19.2. The maximum atomic E-state index is 15.5. The number of ketones is 1. The van der Waals surface area contributed by atoms with Crippen LogP contribution >= 0.6 is 0 Å². The number of fused-ring (bicyclic) bond motifs is 1. The first kappa shape index (κ1) is 28.9. The first-order valence-corrected chi connectivity index (χ1v) is 14.8. The monoisotopic (exact) mass is 618 g/mol. The van der Waals surface area contributed by atoms with Crippen molar-refractivity contribution in [2.75, 3.05) is 11.8 Å². The fourth-order valence-electron chi connectivity index (χ4n) is 4.15. The summed E-state index contributed by atoms with van der Waals surface area (Å²) in [6.07, 6.45) is 2.61. The van der Waals surface area contributed by atoms with Gasteiger partial charge in [0.2, 0.25) is 15.8 Å². The predicted octanol–water partition coefficient (Wildman–Crippen LogP) is 4.73. The molecule has 42 heavy (non-hydrogen) atoms. The Morgan fingerprint density at radius 2 is 1.52 bits per heavy atom. The normalized spacial score (nSPS) is 12.0. The minimum atomic E-state index is -4.88. The van der Waals surface area contributed by atoms with Crippen LogP contribution in [0, 0.1) is 23.3 Å². The number of hydrogen-bond donors (Lipinski definition) is 3. The molecular weight excluding hydrogens is 600 g/mol. The Labute approximate surface area is 236 Å². The summed E-state index contributed by atoms with van der Waals surface area (Å²) < 4.78 is 111. The highest BCUT2D eigenvalue weighted by molar-refractivity contribution is 7.92. The van der Waals surface area contributed by atoms with Crippen molar-refractivity contribution in [1.29, 1.82) is 0 Å². The number of pyridine rings is 1. The summed E-state index contributed by atoms with van der Waals surface area (Å²) in [6.45, 7) is 0. The number of nitrogens with zero attached hydrogens (tertiary/aromatic N) is 1. The van der Waals surface area contributed by atoms with E-state index >= 15 is 4.39 Å². The van der Waals surface area contributed by atoms with E-state index in [-0.39, 0.29) is 21.5 Å². The minimum absolute atomic E-state index is 0.0156. The molecule has 0 aliphatic heterocycles. The van der Waals surface area contributed by atoms with Gasteiger partial charge in [0.05, 0.1) is 16.1 Å². The summed E-state index contributed by atoms with van der Waals surface area (Å²) in [5, 5.41) is 0.163. The van der Waals surface area contributed by atoms with E-state index in [2.05, 4.69) is 14.7 Å². The number of rotatable bonds is 8. The van der Waals surface area contributed by atoms with Gasteiger partial charge < -0.3 is 4.98 Å². The average Bonchev–Trinajstić information content (AvgIpc) is 3.39. The van der Waals surface area contributed by atoms with E-state index in [0.717, 1.165) is 0 Å². The number of benzene rings is 3. The zero-order valence-corrected chi connectivity index (χ0v) is 22.9. The van der Waals surface area contributed by atoms with Gasteiger partial charge in [-0.05, 0) is 61.1 Å². The highest BCUT2D eigenvalue weighted by Crippen LogP contribution is 2.31. The van der Waals surface area contributed by atoms with Crippen LogP contribution in [-0.2, 0) is 20.0 Å². The Balaban J connectivity index is 1.53. The molecule has 0 aliphatic carbocycles. The van der Waals surface area contributed by atoms with Gasteiger partial charge in [-0.25, -0.2) is 44.1 Å². The Bertz CT molecular complexity index is 2100. The number of carbonyl (C=O) groups is 1. The maximum Gasteiger partial charge on any atom is 0.265 e. The molecule has 9 nitrogen and oxygen atoms in total. The van der Waals surface area contributed by atoms with Crippen LogP contribution in [0.2, 0.25) is 0 Å². The van der Waals surface area contributed by atoms with Crippen LogP contribution < -0.4 is 9.44 Å². The average molecular weight is 619 g/mol. The van der Waals surface area contributed by atoms with Gasteiger partial charge in [-0.2, -0.15) is 0 Å². The molecule has 0 spiro atoms. The van der Waals surface area contributed by atoms with Crippen molar-refractivity contribution in [2.45, 2.75) is 9.79 Å². The molecular formula is C27H18F4N4O5S2. The lowest BCUT2D eigenvalue weighted by Gasteiger charge is -2.12. The largest absolute Gasteiger partial charge is 0.345 e. The lowest BCUT2D eigenvalue weighted by atomic mass is 10.00. The molecule has 0 saturated heterocycles. The van der Waals surface area contributed by atoms with Crippen molar-refractivity contribution in [2.24, 2.45) is 0 Å². The summed E-state index contributed by atoms with van der Waals surface area (Å²) in [5.74, 6) is -6.44. The predicted molar refractivity (Wildman–Crippen MR) is 145 cm³/mol. The molecule has 0 radical (unpaired) electrons. The fraction of sp³-hybridized carbons (Fsp3) is 0.0370. The second kappa shape index (κ2) is 10.7. The van der Waals surface area contributed by atoms with Crippen LogP contribution in [-0.4, -0.2) is 39.6 Å². The zero-order chi connectivity index (χ0) is 30.4. The molecule has 2 heterocycles. The van der Waals surface area contributed by atoms with E-state index in [1.165, 1.54) is 49.8 Å². The lowest BCUT2D eigenvalue weighted by molar-refractivity contribution is 0.103. The van der Waals surface area contributed by atoms with E-state index in [4.69, 9.17) is 0 Å². The highest BCUT2D eigenvalue weighted by Gasteiger charge is 2.28. The molecule has 0 fully saturated rings. The van der Waals surface area contributed by atoms with E-state index in [1.807, 2.05) is 0 Å². The third-order valence-corrected chi connectivity index (χ3v) is 9.10. The van der Waals surface area contributed by atoms with E-state index in [9.17, 15) is 34.8 Å². The SMILES string of the molecule is CNS(=O)(=O)c1ccc(-c2cnc3[nH]cc(C(=O)c4c(F)ccc(NS(=O)(=O)c5cc(F)ccc5F)c4F)c3c2)cc1. The van der Waals surface area contributed by atoms with Crippen molar-refractivity contribution in [3.63, 3.8) is 0 Å². The number of H-pyrrole nitrogens is 1. The minimum Gasteiger partial charge on any atom is -0.345 e. The summed E-state index contributed by atoms with van der Waals surface area (Å²) in [5.41, 5.74) is -1.03. The molecule has 216 valence electrons. The quantitative estimate of drug-likeness (QED) is 0.170. The third kappa shape index (κ3) is 5.24. The van der Waals surface area contributed by atoms with Gasteiger partial charge in [-0.3, -0.25) is 9.52 Å². The number of aromatic nitrogens is 2. The Hall–Kier alpha value is -4.60. The second-order valence-corrected chi connectivity index (χ2v) is 12.4. The van der Waals surface area contributed by atoms with Gasteiger partial charge in [-0.15, -0.1) is 0 Å². The molecule has 3 aromatic carbocycles. The molecule has 15 heteroatoms. The van der Waals surface area contributed by atoms with Crippen LogP contribution in [0.5, 0.6) is 0 Å². The number of anilines is 1. The van der Waals surface area contributed by atoms with E-state index < -0.39 is 65.2 Å². The lowest BCUT2D eigenvalue weighted by Crippen LogP contribution is -2.18. The molecule has 3 N–H and O–H groups in total. The smallest absolute Gasteiger partial charge is 0.265 e. The molecule has 5 aromatic rings. The number of sulfonamides is 2. The standard InChI is InChI=1S/C27H18F4N4O5S2/c1-32-41(37,38)17-5-2-14(3-6-17)15-10-18-19(13-34-27(18)33-12-15)26(36)24-21(30)8-9-22(25(24)31)35-42(39,40)23-11-16(28)4-7-20(23)29/h2-13,32,35H,1H3,(H,33,34). The molecule has 0 aliphatic rings. The van der Waals surface area contributed by atoms with Crippen LogP contribution in [0.25, 0.3) is 22.2 Å². The van der Waals surface area contributed by atoms with Crippen molar-refractivity contribution < 1.29 is 39.2 Å².